The highest BCUT2D eigenvalue weighted by Gasteiger charge is 2.31. The summed E-state index contributed by atoms with van der Waals surface area (Å²) in [6.07, 6.45) is 6.20. The number of carbonyl (C=O) groups excluding carboxylic acids is 1. The number of methoxy groups -OCH3 is 1. The molecular weight excluding hydrogens is 230 g/mol. The first-order valence-electron chi connectivity index (χ1n) is 7.02. The highest BCUT2D eigenvalue weighted by molar-refractivity contribution is 5.75. The van der Waals surface area contributed by atoms with Gasteiger partial charge in [0.1, 0.15) is 6.04 Å². The number of esters is 1. The number of rotatable bonds is 5. The molecule has 0 aromatic heterocycles. The van der Waals surface area contributed by atoms with Crippen LogP contribution in [0.2, 0.25) is 0 Å². The summed E-state index contributed by atoms with van der Waals surface area (Å²) < 4.78 is 4.79. The smallest absolute Gasteiger partial charge is 0.323 e. The maximum Gasteiger partial charge on any atom is 0.323 e. The first kappa shape index (κ1) is 15.4. The highest BCUT2D eigenvalue weighted by atomic mass is 16.5. The zero-order valence-corrected chi connectivity index (χ0v) is 11.9. The molecule has 1 atom stereocenters. The van der Waals surface area contributed by atoms with Crippen LogP contribution in [0.3, 0.4) is 0 Å². The maximum absolute atomic E-state index is 11.6. The molecule has 0 saturated heterocycles. The number of aliphatic hydroxyl groups is 1. The molecule has 0 bridgehead atoms. The first-order chi connectivity index (χ1) is 8.48. The number of hydrogen-bond acceptors (Lipinski definition) is 4. The zero-order valence-electron chi connectivity index (χ0n) is 11.9. The van der Waals surface area contributed by atoms with E-state index in [2.05, 4.69) is 5.32 Å². The quantitative estimate of drug-likeness (QED) is 0.583. The Morgan fingerprint density at radius 3 is 2.28 bits per heavy atom. The Hall–Kier alpha value is -0.610. The topological polar surface area (TPSA) is 58.6 Å². The number of carbonyl (C=O) groups is 1. The summed E-state index contributed by atoms with van der Waals surface area (Å²) in [5.41, 5.74) is -0.655. The van der Waals surface area contributed by atoms with Crippen LogP contribution in [-0.4, -0.2) is 36.4 Å². The molecule has 2 N–H and O–H groups in total. The van der Waals surface area contributed by atoms with E-state index in [1.54, 1.807) is 0 Å². The Kier molecular flexibility index (Phi) is 6.09. The molecule has 0 spiro atoms. The molecule has 1 aliphatic rings. The van der Waals surface area contributed by atoms with Crippen molar-refractivity contribution in [3.8, 4) is 0 Å². The first-order valence-corrected chi connectivity index (χ1v) is 7.02. The van der Waals surface area contributed by atoms with E-state index in [4.69, 9.17) is 4.74 Å². The van der Waals surface area contributed by atoms with Crippen LogP contribution in [0.1, 0.15) is 52.4 Å². The molecule has 1 rings (SSSR count). The van der Waals surface area contributed by atoms with E-state index in [0.29, 0.717) is 6.54 Å². The molecule has 0 amide bonds. The molecule has 106 valence electrons. The van der Waals surface area contributed by atoms with Crippen LogP contribution in [0.25, 0.3) is 0 Å². The van der Waals surface area contributed by atoms with Gasteiger partial charge in [-0.25, -0.2) is 0 Å². The van der Waals surface area contributed by atoms with Gasteiger partial charge in [-0.2, -0.15) is 0 Å². The predicted octanol–water partition coefficient (Wildman–Crippen LogP) is 1.86. The molecule has 1 unspecified atom stereocenters. The number of nitrogens with one attached hydrogen (secondary N) is 1. The van der Waals surface area contributed by atoms with Crippen molar-refractivity contribution in [2.75, 3.05) is 13.7 Å². The molecule has 0 aromatic rings. The van der Waals surface area contributed by atoms with E-state index in [9.17, 15) is 9.90 Å². The van der Waals surface area contributed by atoms with Gasteiger partial charge in [0.15, 0.2) is 0 Å². The molecule has 0 radical (unpaired) electrons. The van der Waals surface area contributed by atoms with Gasteiger partial charge in [-0.1, -0.05) is 39.5 Å². The third kappa shape index (κ3) is 4.58. The van der Waals surface area contributed by atoms with Crippen LogP contribution in [0.4, 0.5) is 0 Å². The lowest BCUT2D eigenvalue weighted by Crippen LogP contribution is -2.49. The molecule has 0 aromatic carbocycles. The van der Waals surface area contributed by atoms with Crippen molar-refractivity contribution in [1.82, 2.24) is 5.32 Å². The summed E-state index contributed by atoms with van der Waals surface area (Å²) in [7, 11) is 1.40. The Labute approximate surface area is 110 Å². The normalized spacial score (nSPS) is 21.4. The molecule has 1 fully saturated rings. The molecule has 4 heteroatoms. The molecular formula is C14H27NO3. The standard InChI is InChI=1S/C14H27NO3/c1-11(2)12(13(16)18-3)15-10-14(17)8-6-4-5-7-9-14/h11-12,15,17H,4-10H2,1-3H3. The van der Waals surface area contributed by atoms with Crippen molar-refractivity contribution in [2.24, 2.45) is 5.92 Å². The van der Waals surface area contributed by atoms with Gasteiger partial charge in [-0.05, 0) is 18.8 Å². The van der Waals surface area contributed by atoms with Gasteiger partial charge in [0.2, 0.25) is 0 Å². The molecule has 18 heavy (non-hydrogen) atoms. The lowest BCUT2D eigenvalue weighted by atomic mass is 9.93. The van der Waals surface area contributed by atoms with Crippen molar-refractivity contribution >= 4 is 5.97 Å². The van der Waals surface area contributed by atoms with Crippen molar-refractivity contribution in [1.29, 1.82) is 0 Å². The van der Waals surface area contributed by atoms with E-state index < -0.39 is 5.60 Å². The minimum atomic E-state index is -0.655. The summed E-state index contributed by atoms with van der Waals surface area (Å²) in [6, 6.07) is -0.331. The Morgan fingerprint density at radius 2 is 1.83 bits per heavy atom. The third-order valence-electron chi connectivity index (χ3n) is 3.81. The summed E-state index contributed by atoms with van der Waals surface area (Å²) >= 11 is 0. The van der Waals surface area contributed by atoms with Gasteiger partial charge < -0.3 is 15.2 Å². The van der Waals surface area contributed by atoms with Gasteiger partial charge in [0, 0.05) is 6.54 Å². The Morgan fingerprint density at radius 1 is 1.28 bits per heavy atom. The lowest BCUT2D eigenvalue weighted by molar-refractivity contribution is -0.144. The fourth-order valence-corrected chi connectivity index (χ4v) is 2.58. The SMILES string of the molecule is COC(=O)C(NCC1(O)CCCCCC1)C(C)C. The Balaban J connectivity index is 2.52. The minimum absolute atomic E-state index is 0.159. The van der Waals surface area contributed by atoms with Crippen LogP contribution < -0.4 is 5.32 Å². The van der Waals surface area contributed by atoms with Gasteiger partial charge in [-0.3, -0.25) is 4.79 Å². The van der Waals surface area contributed by atoms with Crippen LogP contribution in [0.15, 0.2) is 0 Å². The van der Waals surface area contributed by atoms with Crippen LogP contribution in [0, 0.1) is 5.92 Å². The second kappa shape index (κ2) is 7.10. The van der Waals surface area contributed by atoms with Crippen molar-refractivity contribution < 1.29 is 14.6 Å². The summed E-state index contributed by atoms with van der Waals surface area (Å²) in [5.74, 6) is -0.0888. The second-order valence-electron chi connectivity index (χ2n) is 5.76. The molecule has 1 aliphatic carbocycles. The lowest BCUT2D eigenvalue weighted by Gasteiger charge is -2.30. The van der Waals surface area contributed by atoms with Gasteiger partial charge in [0.25, 0.3) is 0 Å². The van der Waals surface area contributed by atoms with Crippen molar-refractivity contribution in [3.63, 3.8) is 0 Å². The fourth-order valence-electron chi connectivity index (χ4n) is 2.58. The van der Waals surface area contributed by atoms with Gasteiger partial charge >= 0.3 is 5.97 Å². The average molecular weight is 257 g/mol. The second-order valence-corrected chi connectivity index (χ2v) is 5.76. The van der Waals surface area contributed by atoms with E-state index in [1.165, 1.54) is 20.0 Å². The van der Waals surface area contributed by atoms with Crippen molar-refractivity contribution in [3.05, 3.63) is 0 Å². The number of ether oxygens (including phenoxy) is 1. The minimum Gasteiger partial charge on any atom is -0.468 e. The van der Waals surface area contributed by atoms with Crippen LogP contribution in [-0.2, 0) is 9.53 Å². The molecule has 1 saturated carbocycles. The largest absolute Gasteiger partial charge is 0.468 e. The molecule has 0 aliphatic heterocycles. The summed E-state index contributed by atoms with van der Waals surface area (Å²) in [6.45, 7) is 4.43. The maximum atomic E-state index is 11.6. The fraction of sp³-hybridized carbons (Fsp3) is 0.929. The summed E-state index contributed by atoms with van der Waals surface area (Å²) in [5, 5.41) is 13.7. The predicted molar refractivity (Wildman–Crippen MR) is 71.3 cm³/mol. The van der Waals surface area contributed by atoms with Crippen LogP contribution >= 0.6 is 0 Å². The highest BCUT2D eigenvalue weighted by Crippen LogP contribution is 2.26. The van der Waals surface area contributed by atoms with Crippen LogP contribution in [0.5, 0.6) is 0 Å². The molecule has 0 heterocycles. The number of hydrogen-bond donors (Lipinski definition) is 2. The van der Waals surface area contributed by atoms with Crippen molar-refractivity contribution in [2.45, 2.75) is 64.0 Å². The third-order valence-corrected chi connectivity index (χ3v) is 3.81. The monoisotopic (exact) mass is 257 g/mol. The molecule has 4 nitrogen and oxygen atoms in total. The van der Waals surface area contributed by atoms with Gasteiger partial charge in [0.05, 0.1) is 12.7 Å². The van der Waals surface area contributed by atoms with E-state index in [1.807, 2.05) is 13.8 Å². The Bertz CT molecular complexity index is 258. The van der Waals surface area contributed by atoms with E-state index in [-0.39, 0.29) is 17.9 Å². The average Bonchev–Trinajstić information content (AvgIpc) is 2.54. The summed E-state index contributed by atoms with van der Waals surface area (Å²) in [4.78, 5) is 11.6. The van der Waals surface area contributed by atoms with E-state index >= 15 is 0 Å². The zero-order chi connectivity index (χ0) is 13.6. The van der Waals surface area contributed by atoms with E-state index in [0.717, 1.165) is 25.7 Å². The van der Waals surface area contributed by atoms with Gasteiger partial charge in [-0.15, -0.1) is 0 Å².